The molecule has 0 saturated heterocycles. The molecular formula is C11H18N2. The Morgan fingerprint density at radius 2 is 2.38 bits per heavy atom. The lowest BCUT2D eigenvalue weighted by molar-refractivity contribution is 0.379. The van der Waals surface area contributed by atoms with Crippen LogP contribution in [-0.4, -0.2) is 17.9 Å². The molecule has 1 unspecified atom stereocenters. The minimum Gasteiger partial charge on any atom is -0.368 e. The highest BCUT2D eigenvalue weighted by molar-refractivity contribution is 5.84. The van der Waals surface area contributed by atoms with Gasteiger partial charge < -0.3 is 5.32 Å². The summed E-state index contributed by atoms with van der Waals surface area (Å²) in [6, 6.07) is 0. The predicted octanol–water partition coefficient (Wildman–Crippen LogP) is 2.27. The van der Waals surface area contributed by atoms with Crippen molar-refractivity contribution >= 4 is 5.84 Å². The molecule has 0 aromatic heterocycles. The summed E-state index contributed by atoms with van der Waals surface area (Å²) in [6.07, 6.45) is 10.5. The van der Waals surface area contributed by atoms with Crippen LogP contribution in [0.4, 0.5) is 0 Å². The molecule has 1 heterocycles. The Bertz CT molecular complexity index is 242. The van der Waals surface area contributed by atoms with Crippen molar-refractivity contribution in [1.29, 1.82) is 0 Å². The van der Waals surface area contributed by atoms with Gasteiger partial charge >= 0.3 is 0 Å². The standard InChI is InChI=1S/C11H18N2/c1-11(7-3-2-4-8-11)13-10-6-5-9-12-10/h2-3H,4-9H2,1H3,(H,12,13). The van der Waals surface area contributed by atoms with Gasteiger partial charge in [-0.05, 0) is 32.6 Å². The highest BCUT2D eigenvalue weighted by atomic mass is 15.1. The van der Waals surface area contributed by atoms with E-state index in [0.717, 1.165) is 19.4 Å². The van der Waals surface area contributed by atoms with Crippen molar-refractivity contribution in [1.82, 2.24) is 5.32 Å². The number of aliphatic imine (C=N–C) groups is 1. The molecule has 1 N–H and O–H groups in total. The van der Waals surface area contributed by atoms with E-state index >= 15 is 0 Å². The highest BCUT2D eigenvalue weighted by Gasteiger charge is 2.25. The third kappa shape index (κ3) is 2.11. The molecule has 0 amide bonds. The Labute approximate surface area is 80.1 Å². The van der Waals surface area contributed by atoms with Gasteiger partial charge in [0.15, 0.2) is 0 Å². The molecule has 2 rings (SSSR count). The van der Waals surface area contributed by atoms with Crippen LogP contribution < -0.4 is 5.32 Å². The minimum absolute atomic E-state index is 0.276. The van der Waals surface area contributed by atoms with E-state index in [0.29, 0.717) is 0 Å². The zero-order valence-electron chi connectivity index (χ0n) is 8.34. The van der Waals surface area contributed by atoms with E-state index in [1.807, 2.05) is 0 Å². The number of rotatable bonds is 1. The molecule has 2 nitrogen and oxygen atoms in total. The Morgan fingerprint density at radius 1 is 1.46 bits per heavy atom. The number of amidine groups is 1. The zero-order valence-corrected chi connectivity index (χ0v) is 8.34. The van der Waals surface area contributed by atoms with Gasteiger partial charge in [0.05, 0.1) is 5.84 Å². The molecule has 0 saturated carbocycles. The quantitative estimate of drug-likeness (QED) is 0.612. The van der Waals surface area contributed by atoms with Crippen molar-refractivity contribution < 1.29 is 0 Å². The van der Waals surface area contributed by atoms with Crippen LogP contribution in [0.15, 0.2) is 17.1 Å². The predicted molar refractivity (Wildman–Crippen MR) is 56.1 cm³/mol. The maximum absolute atomic E-state index is 4.46. The fourth-order valence-electron chi connectivity index (χ4n) is 2.07. The van der Waals surface area contributed by atoms with E-state index in [1.165, 1.54) is 25.1 Å². The molecule has 1 aliphatic carbocycles. The molecule has 0 aromatic carbocycles. The first-order chi connectivity index (χ1) is 6.29. The second kappa shape index (κ2) is 3.52. The smallest absolute Gasteiger partial charge is 0.0968 e. The molecule has 0 aromatic rings. The van der Waals surface area contributed by atoms with Gasteiger partial charge in [-0.1, -0.05) is 12.2 Å². The van der Waals surface area contributed by atoms with Gasteiger partial charge in [0.25, 0.3) is 0 Å². The molecule has 0 fully saturated rings. The van der Waals surface area contributed by atoms with E-state index in [-0.39, 0.29) is 5.54 Å². The van der Waals surface area contributed by atoms with Crippen molar-refractivity contribution in [3.63, 3.8) is 0 Å². The van der Waals surface area contributed by atoms with Crippen molar-refractivity contribution in [2.24, 2.45) is 4.99 Å². The Morgan fingerprint density at radius 3 is 3.00 bits per heavy atom. The highest BCUT2D eigenvalue weighted by Crippen LogP contribution is 2.23. The van der Waals surface area contributed by atoms with Gasteiger partial charge in [-0.3, -0.25) is 4.99 Å². The van der Waals surface area contributed by atoms with Crippen LogP contribution in [0, 0.1) is 0 Å². The summed E-state index contributed by atoms with van der Waals surface area (Å²) in [5, 5.41) is 3.59. The van der Waals surface area contributed by atoms with Gasteiger partial charge in [0, 0.05) is 18.5 Å². The van der Waals surface area contributed by atoms with E-state index in [4.69, 9.17) is 0 Å². The van der Waals surface area contributed by atoms with Crippen LogP contribution >= 0.6 is 0 Å². The van der Waals surface area contributed by atoms with Crippen molar-refractivity contribution in [2.75, 3.05) is 6.54 Å². The molecule has 13 heavy (non-hydrogen) atoms. The first-order valence-electron chi connectivity index (χ1n) is 5.25. The van der Waals surface area contributed by atoms with Crippen molar-refractivity contribution in [2.45, 2.75) is 44.6 Å². The average Bonchev–Trinajstić information content (AvgIpc) is 2.57. The lowest BCUT2D eigenvalue weighted by atomic mass is 9.87. The third-order valence-corrected chi connectivity index (χ3v) is 2.92. The van der Waals surface area contributed by atoms with E-state index in [1.54, 1.807) is 0 Å². The Kier molecular flexibility index (Phi) is 2.38. The first-order valence-corrected chi connectivity index (χ1v) is 5.25. The van der Waals surface area contributed by atoms with Crippen LogP contribution in [0.5, 0.6) is 0 Å². The summed E-state index contributed by atoms with van der Waals surface area (Å²) in [5.74, 6) is 1.23. The number of allylic oxidation sites excluding steroid dienone is 1. The number of nitrogens with zero attached hydrogens (tertiary/aromatic N) is 1. The molecule has 1 atom stereocenters. The maximum Gasteiger partial charge on any atom is 0.0968 e. The molecule has 2 aliphatic rings. The Hall–Kier alpha value is -0.790. The fourth-order valence-corrected chi connectivity index (χ4v) is 2.07. The molecule has 72 valence electrons. The molecular weight excluding hydrogens is 160 g/mol. The van der Waals surface area contributed by atoms with Crippen LogP contribution in [0.25, 0.3) is 0 Å². The topological polar surface area (TPSA) is 24.4 Å². The van der Waals surface area contributed by atoms with Gasteiger partial charge in [-0.15, -0.1) is 0 Å². The van der Waals surface area contributed by atoms with E-state index < -0.39 is 0 Å². The molecule has 0 spiro atoms. The van der Waals surface area contributed by atoms with Gasteiger partial charge in [0.1, 0.15) is 0 Å². The minimum atomic E-state index is 0.276. The van der Waals surface area contributed by atoms with Crippen molar-refractivity contribution in [3.8, 4) is 0 Å². The Balaban J connectivity index is 1.95. The summed E-state index contributed by atoms with van der Waals surface area (Å²) < 4.78 is 0. The first kappa shape index (κ1) is 8.79. The van der Waals surface area contributed by atoms with Crippen molar-refractivity contribution in [3.05, 3.63) is 12.2 Å². The molecule has 1 aliphatic heterocycles. The summed E-state index contributed by atoms with van der Waals surface area (Å²) >= 11 is 0. The third-order valence-electron chi connectivity index (χ3n) is 2.92. The SMILES string of the molecule is CC1(NC2=NCCC2)CC=CCC1. The largest absolute Gasteiger partial charge is 0.368 e. The van der Waals surface area contributed by atoms with Crippen LogP contribution in [-0.2, 0) is 0 Å². The number of hydrogen-bond acceptors (Lipinski definition) is 2. The molecule has 0 bridgehead atoms. The fraction of sp³-hybridized carbons (Fsp3) is 0.727. The normalized spacial score (nSPS) is 33.2. The second-order valence-electron chi connectivity index (χ2n) is 4.33. The zero-order chi connectivity index (χ0) is 9.15. The summed E-state index contributed by atoms with van der Waals surface area (Å²) in [6.45, 7) is 3.32. The maximum atomic E-state index is 4.46. The second-order valence-corrected chi connectivity index (χ2v) is 4.33. The van der Waals surface area contributed by atoms with Crippen LogP contribution in [0.3, 0.4) is 0 Å². The van der Waals surface area contributed by atoms with Gasteiger partial charge in [0.2, 0.25) is 0 Å². The number of nitrogens with one attached hydrogen (secondary N) is 1. The van der Waals surface area contributed by atoms with Gasteiger partial charge in [-0.2, -0.15) is 0 Å². The van der Waals surface area contributed by atoms with E-state index in [9.17, 15) is 0 Å². The lowest BCUT2D eigenvalue weighted by Gasteiger charge is -2.32. The number of hydrogen-bond donors (Lipinski definition) is 1. The van der Waals surface area contributed by atoms with Crippen LogP contribution in [0.1, 0.15) is 39.0 Å². The summed E-state index contributed by atoms with van der Waals surface area (Å²) in [4.78, 5) is 4.46. The summed E-state index contributed by atoms with van der Waals surface area (Å²) in [7, 11) is 0. The average molecular weight is 178 g/mol. The lowest BCUT2D eigenvalue weighted by Crippen LogP contribution is -2.45. The van der Waals surface area contributed by atoms with E-state index in [2.05, 4.69) is 29.4 Å². The molecule has 0 radical (unpaired) electrons. The summed E-state index contributed by atoms with van der Waals surface area (Å²) in [5.41, 5.74) is 0.276. The monoisotopic (exact) mass is 178 g/mol. The molecule has 2 heteroatoms. The van der Waals surface area contributed by atoms with Gasteiger partial charge in [-0.25, -0.2) is 0 Å². The van der Waals surface area contributed by atoms with Crippen LogP contribution in [0.2, 0.25) is 0 Å².